The van der Waals surface area contributed by atoms with Gasteiger partial charge in [-0.05, 0) is 62.9 Å². The Morgan fingerprint density at radius 2 is 1.96 bits per heavy atom. The van der Waals surface area contributed by atoms with E-state index in [1.54, 1.807) is 0 Å². The van der Waals surface area contributed by atoms with Gasteiger partial charge in [0, 0.05) is 17.6 Å². The van der Waals surface area contributed by atoms with Crippen molar-refractivity contribution in [2.75, 3.05) is 26.7 Å². The van der Waals surface area contributed by atoms with Crippen LogP contribution in [0.15, 0.2) is 28.7 Å². The van der Waals surface area contributed by atoms with Crippen LogP contribution in [0.3, 0.4) is 0 Å². The molecule has 1 aromatic carbocycles. The second kappa shape index (κ2) is 8.01. The number of hydrogen-bond donors (Lipinski definition) is 1. The highest BCUT2D eigenvalue weighted by molar-refractivity contribution is 9.10. The van der Waals surface area contributed by atoms with Crippen molar-refractivity contribution < 1.29 is 4.79 Å². The molecule has 0 aromatic heterocycles. The smallest absolute Gasteiger partial charge is 0.233 e. The van der Waals surface area contributed by atoms with Crippen LogP contribution in [0.5, 0.6) is 0 Å². The molecular weight excluding hydrogens is 364 g/mol. The summed E-state index contributed by atoms with van der Waals surface area (Å²) < 4.78 is 1.07. The van der Waals surface area contributed by atoms with Gasteiger partial charge in [-0.25, -0.2) is 0 Å². The van der Waals surface area contributed by atoms with Crippen molar-refractivity contribution in [3.63, 3.8) is 0 Å². The Morgan fingerprint density at radius 3 is 2.58 bits per heavy atom. The van der Waals surface area contributed by atoms with Crippen molar-refractivity contribution in [3.05, 3.63) is 34.3 Å². The number of benzene rings is 1. The van der Waals surface area contributed by atoms with Gasteiger partial charge in [-0.3, -0.25) is 4.79 Å². The normalized spacial score (nSPS) is 21.7. The van der Waals surface area contributed by atoms with Crippen LogP contribution < -0.4 is 5.32 Å². The van der Waals surface area contributed by atoms with E-state index in [4.69, 9.17) is 0 Å². The highest BCUT2D eigenvalue weighted by atomic mass is 79.9. The maximum absolute atomic E-state index is 13.5. The summed E-state index contributed by atoms with van der Waals surface area (Å²) in [5.41, 5.74) is 0.914. The second-order valence-electron chi connectivity index (χ2n) is 7.45. The fraction of sp³-hybridized carbons (Fsp3) is 0.650. The number of nitrogens with one attached hydrogen (secondary N) is 1. The molecule has 1 amide bonds. The fourth-order valence-corrected chi connectivity index (χ4v) is 4.90. The third-order valence-corrected chi connectivity index (χ3v) is 6.38. The van der Waals surface area contributed by atoms with Crippen LogP contribution in [0.2, 0.25) is 0 Å². The molecule has 0 bridgehead atoms. The third-order valence-electron chi connectivity index (χ3n) is 5.89. The lowest BCUT2D eigenvalue weighted by Crippen LogP contribution is -2.51. The molecule has 2 fully saturated rings. The number of piperidine rings is 1. The molecular formula is C20H29BrN2O. The summed E-state index contributed by atoms with van der Waals surface area (Å²) in [6.07, 6.45) is 7.83. The molecule has 1 saturated heterocycles. The summed E-state index contributed by atoms with van der Waals surface area (Å²) in [5.74, 6) is 1.09. The van der Waals surface area contributed by atoms with Gasteiger partial charge >= 0.3 is 0 Å². The van der Waals surface area contributed by atoms with Crippen LogP contribution in [-0.2, 0) is 10.2 Å². The van der Waals surface area contributed by atoms with Crippen molar-refractivity contribution in [2.45, 2.75) is 50.4 Å². The SMILES string of the molecule is CNCC1CCN(C(=O)C2(c3cccc(Br)c3)CCCCC2)CC1. The molecule has 0 radical (unpaired) electrons. The zero-order valence-corrected chi connectivity index (χ0v) is 16.3. The van der Waals surface area contributed by atoms with E-state index in [-0.39, 0.29) is 5.41 Å². The van der Waals surface area contributed by atoms with E-state index < -0.39 is 0 Å². The fourth-order valence-electron chi connectivity index (χ4n) is 4.50. The van der Waals surface area contributed by atoms with Crippen LogP contribution in [0.4, 0.5) is 0 Å². The predicted octanol–water partition coefficient (Wildman–Crippen LogP) is 4.11. The molecule has 1 aliphatic carbocycles. The molecule has 4 heteroatoms. The molecule has 0 atom stereocenters. The first-order valence-corrected chi connectivity index (χ1v) is 10.1. The van der Waals surface area contributed by atoms with Gasteiger partial charge in [0.2, 0.25) is 5.91 Å². The lowest BCUT2D eigenvalue weighted by atomic mass is 9.68. The lowest BCUT2D eigenvalue weighted by molar-refractivity contribution is -0.140. The first-order valence-electron chi connectivity index (χ1n) is 9.36. The van der Waals surface area contributed by atoms with E-state index in [9.17, 15) is 4.79 Å². The van der Waals surface area contributed by atoms with Crippen LogP contribution in [-0.4, -0.2) is 37.5 Å². The Labute approximate surface area is 154 Å². The minimum absolute atomic E-state index is 0.294. The Bertz CT molecular complexity index is 561. The van der Waals surface area contributed by atoms with Crippen molar-refractivity contribution in [2.24, 2.45) is 5.92 Å². The molecule has 0 spiro atoms. The molecule has 0 unspecified atom stereocenters. The molecule has 1 aromatic rings. The van der Waals surface area contributed by atoms with Crippen molar-refractivity contribution in [1.82, 2.24) is 10.2 Å². The van der Waals surface area contributed by atoms with Gasteiger partial charge in [-0.15, -0.1) is 0 Å². The largest absolute Gasteiger partial charge is 0.342 e. The van der Waals surface area contributed by atoms with Crippen LogP contribution in [0.1, 0.15) is 50.5 Å². The van der Waals surface area contributed by atoms with Gasteiger partial charge in [0.1, 0.15) is 0 Å². The molecule has 24 heavy (non-hydrogen) atoms. The van der Waals surface area contributed by atoms with E-state index in [1.807, 2.05) is 13.1 Å². The monoisotopic (exact) mass is 392 g/mol. The van der Waals surface area contributed by atoms with Gasteiger partial charge in [0.05, 0.1) is 5.41 Å². The third kappa shape index (κ3) is 3.70. The second-order valence-corrected chi connectivity index (χ2v) is 8.36. The predicted molar refractivity (Wildman–Crippen MR) is 102 cm³/mol. The minimum atomic E-state index is -0.294. The Balaban J connectivity index is 1.80. The molecule has 2 aliphatic rings. The number of carbonyl (C=O) groups excluding carboxylic acids is 1. The Kier molecular flexibility index (Phi) is 5.98. The summed E-state index contributed by atoms with van der Waals surface area (Å²) >= 11 is 3.59. The number of halogens is 1. The zero-order valence-electron chi connectivity index (χ0n) is 14.7. The number of hydrogen-bond acceptors (Lipinski definition) is 2. The number of rotatable bonds is 4. The van der Waals surface area contributed by atoms with Gasteiger partial charge in [0.15, 0.2) is 0 Å². The van der Waals surface area contributed by atoms with Gasteiger partial charge in [-0.1, -0.05) is 47.3 Å². The number of nitrogens with zero attached hydrogens (tertiary/aromatic N) is 1. The molecule has 3 rings (SSSR count). The van der Waals surface area contributed by atoms with Gasteiger partial charge in [0.25, 0.3) is 0 Å². The lowest BCUT2D eigenvalue weighted by Gasteiger charge is -2.42. The van der Waals surface area contributed by atoms with Gasteiger partial charge in [-0.2, -0.15) is 0 Å². The standard InChI is InChI=1S/C20H29BrN2O/c1-22-15-16-8-12-23(13-9-16)19(24)20(10-3-2-4-11-20)17-6-5-7-18(21)14-17/h5-7,14,16,22H,2-4,8-13,15H2,1H3. The van der Waals surface area contributed by atoms with E-state index in [1.165, 1.54) is 12.0 Å². The van der Waals surface area contributed by atoms with E-state index in [2.05, 4.69) is 44.3 Å². The Morgan fingerprint density at radius 1 is 1.25 bits per heavy atom. The number of likely N-dealkylation sites (tertiary alicyclic amines) is 1. The maximum Gasteiger partial charge on any atom is 0.233 e. The van der Waals surface area contributed by atoms with Crippen molar-refractivity contribution in [3.8, 4) is 0 Å². The molecule has 1 heterocycles. The molecule has 3 nitrogen and oxygen atoms in total. The van der Waals surface area contributed by atoms with E-state index >= 15 is 0 Å². The summed E-state index contributed by atoms with van der Waals surface area (Å²) in [7, 11) is 2.02. The summed E-state index contributed by atoms with van der Waals surface area (Å²) in [6, 6.07) is 8.44. The number of amides is 1. The van der Waals surface area contributed by atoms with Crippen molar-refractivity contribution in [1.29, 1.82) is 0 Å². The average Bonchev–Trinajstić information content (AvgIpc) is 2.63. The van der Waals surface area contributed by atoms with Gasteiger partial charge < -0.3 is 10.2 Å². The van der Waals surface area contributed by atoms with Crippen LogP contribution >= 0.6 is 15.9 Å². The average molecular weight is 393 g/mol. The quantitative estimate of drug-likeness (QED) is 0.835. The highest BCUT2D eigenvalue weighted by Gasteiger charge is 2.44. The topological polar surface area (TPSA) is 32.3 Å². The minimum Gasteiger partial charge on any atom is -0.342 e. The summed E-state index contributed by atoms with van der Waals surface area (Å²) in [6.45, 7) is 2.90. The summed E-state index contributed by atoms with van der Waals surface area (Å²) in [4.78, 5) is 15.7. The molecule has 1 N–H and O–H groups in total. The van der Waals surface area contributed by atoms with E-state index in [0.717, 1.165) is 62.6 Å². The van der Waals surface area contributed by atoms with E-state index in [0.29, 0.717) is 11.8 Å². The first-order chi connectivity index (χ1) is 11.7. The molecule has 1 saturated carbocycles. The highest BCUT2D eigenvalue weighted by Crippen LogP contribution is 2.42. The van der Waals surface area contributed by atoms with Crippen LogP contribution in [0.25, 0.3) is 0 Å². The first kappa shape index (κ1) is 17.9. The zero-order chi connectivity index (χ0) is 17.0. The van der Waals surface area contributed by atoms with Crippen LogP contribution in [0, 0.1) is 5.92 Å². The number of carbonyl (C=O) groups is 1. The Hall–Kier alpha value is -0.870. The summed E-state index contributed by atoms with van der Waals surface area (Å²) in [5, 5.41) is 3.28. The van der Waals surface area contributed by atoms with Crippen molar-refractivity contribution >= 4 is 21.8 Å². The maximum atomic E-state index is 13.5. The molecule has 1 aliphatic heterocycles. The molecule has 132 valence electrons.